The van der Waals surface area contributed by atoms with Crippen LogP contribution in [0.4, 0.5) is 0 Å². The summed E-state index contributed by atoms with van der Waals surface area (Å²) in [5.74, 6) is 0.188. The number of aromatic nitrogens is 2. The zero-order valence-corrected chi connectivity index (χ0v) is 10.7. The highest BCUT2D eigenvalue weighted by Gasteiger charge is 2.32. The fourth-order valence-corrected chi connectivity index (χ4v) is 3.03. The number of amides is 1. The van der Waals surface area contributed by atoms with Gasteiger partial charge >= 0.3 is 0 Å². The van der Waals surface area contributed by atoms with Crippen molar-refractivity contribution >= 4 is 5.91 Å². The van der Waals surface area contributed by atoms with E-state index in [-0.39, 0.29) is 11.9 Å². The summed E-state index contributed by atoms with van der Waals surface area (Å²) in [6.07, 6.45) is 7.11. The minimum Gasteiger partial charge on any atom is -0.339 e. The monoisotopic (exact) mass is 248 g/mol. The number of carbonyl (C=O) groups excluding carboxylic acids is 1. The number of likely N-dealkylation sites (tertiary alicyclic amines) is 1. The molecule has 1 N–H and O–H groups in total. The van der Waals surface area contributed by atoms with Crippen LogP contribution >= 0.6 is 0 Å². The van der Waals surface area contributed by atoms with Crippen LogP contribution in [0.1, 0.15) is 32.2 Å². The van der Waals surface area contributed by atoms with Crippen molar-refractivity contribution in [3.8, 4) is 0 Å². The first-order valence-corrected chi connectivity index (χ1v) is 6.78. The molecule has 0 radical (unpaired) electrons. The Balaban J connectivity index is 1.68. The molecule has 2 aliphatic rings. The molecule has 2 bridgehead atoms. The molecule has 1 amide bonds. The van der Waals surface area contributed by atoms with Crippen molar-refractivity contribution < 1.29 is 4.79 Å². The Morgan fingerprint density at radius 3 is 3.00 bits per heavy atom. The molecule has 0 saturated carbocycles. The Labute approximate surface area is 107 Å². The molecule has 1 aromatic rings. The largest absolute Gasteiger partial charge is 0.339 e. The van der Waals surface area contributed by atoms with Gasteiger partial charge < -0.3 is 10.2 Å². The predicted octanol–water partition coefficient (Wildman–Crippen LogP) is 0.797. The SMILES string of the molecule is CC(C(=O)N1CCC2CCC(C1)N2)n1cccn1. The van der Waals surface area contributed by atoms with Crippen molar-refractivity contribution in [3.63, 3.8) is 0 Å². The summed E-state index contributed by atoms with van der Waals surface area (Å²) in [6.45, 7) is 3.64. The maximum Gasteiger partial charge on any atom is 0.247 e. The van der Waals surface area contributed by atoms with Gasteiger partial charge in [0.25, 0.3) is 0 Å². The third-order valence-electron chi connectivity index (χ3n) is 4.11. The van der Waals surface area contributed by atoms with Gasteiger partial charge in [0.15, 0.2) is 0 Å². The van der Waals surface area contributed by atoms with Gasteiger partial charge in [-0.1, -0.05) is 0 Å². The van der Waals surface area contributed by atoms with Crippen molar-refractivity contribution in [1.29, 1.82) is 0 Å². The first-order valence-electron chi connectivity index (χ1n) is 6.78. The molecule has 18 heavy (non-hydrogen) atoms. The number of hydrogen-bond acceptors (Lipinski definition) is 3. The zero-order valence-electron chi connectivity index (χ0n) is 10.7. The highest BCUT2D eigenvalue weighted by Crippen LogP contribution is 2.22. The lowest BCUT2D eigenvalue weighted by Gasteiger charge is -2.27. The highest BCUT2D eigenvalue weighted by atomic mass is 16.2. The number of carbonyl (C=O) groups is 1. The average Bonchev–Trinajstić information content (AvgIpc) is 2.97. The smallest absolute Gasteiger partial charge is 0.247 e. The number of nitrogens with zero attached hydrogens (tertiary/aromatic N) is 3. The fraction of sp³-hybridized carbons (Fsp3) is 0.692. The van der Waals surface area contributed by atoms with Crippen molar-refractivity contribution in [2.24, 2.45) is 0 Å². The fourth-order valence-electron chi connectivity index (χ4n) is 3.03. The molecule has 0 aliphatic carbocycles. The minimum atomic E-state index is -0.198. The van der Waals surface area contributed by atoms with E-state index in [1.165, 1.54) is 12.8 Å². The lowest BCUT2D eigenvalue weighted by Crippen LogP contribution is -2.42. The summed E-state index contributed by atoms with van der Waals surface area (Å²) >= 11 is 0. The number of fused-ring (bicyclic) bond motifs is 2. The molecule has 2 fully saturated rings. The molecule has 98 valence electrons. The van der Waals surface area contributed by atoms with Gasteiger partial charge in [-0.05, 0) is 32.3 Å². The Morgan fingerprint density at radius 1 is 1.39 bits per heavy atom. The van der Waals surface area contributed by atoms with Gasteiger partial charge in [0.05, 0.1) is 0 Å². The van der Waals surface area contributed by atoms with E-state index >= 15 is 0 Å². The van der Waals surface area contributed by atoms with Gasteiger partial charge in [0.1, 0.15) is 6.04 Å². The molecular weight excluding hydrogens is 228 g/mol. The van der Waals surface area contributed by atoms with E-state index in [1.807, 2.05) is 24.1 Å². The van der Waals surface area contributed by atoms with Gasteiger partial charge in [-0.3, -0.25) is 9.48 Å². The van der Waals surface area contributed by atoms with E-state index in [2.05, 4.69) is 10.4 Å². The second kappa shape index (κ2) is 4.72. The van der Waals surface area contributed by atoms with Crippen LogP contribution in [-0.4, -0.2) is 45.8 Å². The molecule has 3 atom stereocenters. The second-order valence-corrected chi connectivity index (χ2v) is 5.37. The van der Waals surface area contributed by atoms with Crippen LogP contribution in [0.2, 0.25) is 0 Å². The second-order valence-electron chi connectivity index (χ2n) is 5.37. The Kier molecular flexibility index (Phi) is 3.07. The Bertz CT molecular complexity index is 417. The van der Waals surface area contributed by atoms with E-state index in [0.717, 1.165) is 19.5 Å². The molecule has 1 aromatic heterocycles. The molecule has 2 saturated heterocycles. The van der Waals surface area contributed by atoms with Crippen LogP contribution in [0.25, 0.3) is 0 Å². The maximum absolute atomic E-state index is 12.5. The molecule has 0 aromatic carbocycles. The van der Waals surface area contributed by atoms with Gasteiger partial charge in [-0.2, -0.15) is 5.10 Å². The molecule has 5 heteroatoms. The standard InChI is InChI=1S/C13H20N4O/c1-10(17-7-2-6-14-17)13(18)16-8-5-11-3-4-12(9-16)15-11/h2,6-7,10-12,15H,3-5,8-9H2,1H3. The topological polar surface area (TPSA) is 50.2 Å². The first kappa shape index (κ1) is 11.7. The van der Waals surface area contributed by atoms with Crippen molar-refractivity contribution in [2.75, 3.05) is 13.1 Å². The van der Waals surface area contributed by atoms with E-state index in [9.17, 15) is 4.79 Å². The minimum absolute atomic E-state index is 0.188. The lowest BCUT2D eigenvalue weighted by molar-refractivity contribution is -0.134. The lowest BCUT2D eigenvalue weighted by atomic mass is 10.1. The van der Waals surface area contributed by atoms with E-state index in [4.69, 9.17) is 0 Å². The summed E-state index contributed by atoms with van der Waals surface area (Å²) in [7, 11) is 0. The van der Waals surface area contributed by atoms with Crippen LogP contribution in [-0.2, 0) is 4.79 Å². The molecule has 3 unspecified atom stereocenters. The third kappa shape index (κ3) is 2.14. The van der Waals surface area contributed by atoms with E-state index in [1.54, 1.807) is 10.9 Å². The number of hydrogen-bond donors (Lipinski definition) is 1. The Hall–Kier alpha value is -1.36. The maximum atomic E-state index is 12.5. The highest BCUT2D eigenvalue weighted by molar-refractivity contribution is 5.80. The summed E-state index contributed by atoms with van der Waals surface area (Å²) in [5, 5.41) is 7.75. The number of nitrogens with one attached hydrogen (secondary N) is 1. The molecule has 3 rings (SSSR count). The molecule has 0 spiro atoms. The van der Waals surface area contributed by atoms with Gasteiger partial charge in [-0.15, -0.1) is 0 Å². The summed E-state index contributed by atoms with van der Waals surface area (Å²) in [5.41, 5.74) is 0. The van der Waals surface area contributed by atoms with Crippen LogP contribution in [0.15, 0.2) is 18.5 Å². The summed E-state index contributed by atoms with van der Waals surface area (Å²) in [4.78, 5) is 14.5. The normalized spacial score (nSPS) is 29.1. The van der Waals surface area contributed by atoms with Gasteiger partial charge in [0.2, 0.25) is 5.91 Å². The number of rotatable bonds is 2. The van der Waals surface area contributed by atoms with E-state index < -0.39 is 0 Å². The van der Waals surface area contributed by atoms with Crippen molar-refractivity contribution in [1.82, 2.24) is 20.0 Å². The van der Waals surface area contributed by atoms with Crippen LogP contribution < -0.4 is 5.32 Å². The third-order valence-corrected chi connectivity index (χ3v) is 4.11. The summed E-state index contributed by atoms with van der Waals surface area (Å²) in [6, 6.07) is 2.77. The molecular formula is C13H20N4O. The molecule has 5 nitrogen and oxygen atoms in total. The first-order chi connectivity index (χ1) is 8.74. The van der Waals surface area contributed by atoms with Crippen LogP contribution in [0, 0.1) is 0 Å². The molecule has 2 aliphatic heterocycles. The quantitative estimate of drug-likeness (QED) is 0.842. The van der Waals surface area contributed by atoms with Gasteiger partial charge in [-0.25, -0.2) is 0 Å². The predicted molar refractivity (Wildman–Crippen MR) is 68.1 cm³/mol. The molecule has 3 heterocycles. The van der Waals surface area contributed by atoms with Crippen LogP contribution in [0.5, 0.6) is 0 Å². The summed E-state index contributed by atoms with van der Waals surface area (Å²) < 4.78 is 1.74. The van der Waals surface area contributed by atoms with Crippen molar-refractivity contribution in [3.05, 3.63) is 18.5 Å². The Morgan fingerprint density at radius 2 is 2.22 bits per heavy atom. The average molecular weight is 248 g/mol. The van der Waals surface area contributed by atoms with Crippen LogP contribution in [0.3, 0.4) is 0 Å². The van der Waals surface area contributed by atoms with Crippen molar-refractivity contribution in [2.45, 2.75) is 44.3 Å². The van der Waals surface area contributed by atoms with Gasteiger partial charge in [0, 0.05) is 37.6 Å². The van der Waals surface area contributed by atoms with E-state index in [0.29, 0.717) is 12.1 Å². The zero-order chi connectivity index (χ0) is 12.5.